The number of hydrogen-bond donors (Lipinski definition) is 1. The molecule has 17 heavy (non-hydrogen) atoms. The van der Waals surface area contributed by atoms with Gasteiger partial charge < -0.3 is 0 Å². The lowest BCUT2D eigenvalue weighted by atomic mass is 10.0. The first-order valence-electron chi connectivity index (χ1n) is 5.73. The van der Waals surface area contributed by atoms with Crippen molar-refractivity contribution >= 4 is 24.2 Å². The molecule has 0 aromatic heterocycles. The Morgan fingerprint density at radius 3 is 2.59 bits per heavy atom. The molecule has 0 heterocycles. The largest absolute Gasteiger partial charge is 0.175 e. The van der Waals surface area contributed by atoms with Crippen LogP contribution in [0.4, 0.5) is 0 Å². The number of halogens is 1. The van der Waals surface area contributed by atoms with E-state index in [9.17, 15) is 0 Å². The summed E-state index contributed by atoms with van der Waals surface area (Å²) in [5, 5.41) is 0.795. The molecule has 2 heteroatoms. The fraction of sp³-hybridized carbons (Fsp3) is 0.200. The maximum Gasteiger partial charge on any atom is 0.0484 e. The zero-order valence-electron chi connectivity index (χ0n) is 9.78. The number of thiol groups is 1. The van der Waals surface area contributed by atoms with Gasteiger partial charge in [0.15, 0.2) is 0 Å². The molecule has 0 N–H and O–H groups in total. The van der Waals surface area contributed by atoms with Crippen LogP contribution in [0.15, 0.2) is 42.5 Å². The van der Waals surface area contributed by atoms with Crippen molar-refractivity contribution < 1.29 is 0 Å². The van der Waals surface area contributed by atoms with Gasteiger partial charge in [0.1, 0.15) is 0 Å². The third kappa shape index (κ3) is 2.85. The van der Waals surface area contributed by atoms with Crippen LogP contribution in [-0.4, -0.2) is 0 Å². The first-order valence-corrected chi connectivity index (χ1v) is 6.74. The Kier molecular flexibility index (Phi) is 4.14. The van der Waals surface area contributed by atoms with Gasteiger partial charge in [-0.25, -0.2) is 0 Å². The summed E-state index contributed by atoms with van der Waals surface area (Å²) in [5.41, 5.74) is 4.79. The highest BCUT2D eigenvalue weighted by Crippen LogP contribution is 2.30. The summed E-state index contributed by atoms with van der Waals surface area (Å²) in [5.74, 6) is 0.734. The summed E-state index contributed by atoms with van der Waals surface area (Å²) in [6.07, 6.45) is 1.04. The van der Waals surface area contributed by atoms with Gasteiger partial charge in [0, 0.05) is 16.3 Å². The van der Waals surface area contributed by atoms with E-state index in [1.165, 1.54) is 16.7 Å². The van der Waals surface area contributed by atoms with Gasteiger partial charge in [0.05, 0.1) is 0 Å². The van der Waals surface area contributed by atoms with E-state index < -0.39 is 0 Å². The minimum absolute atomic E-state index is 0.734. The molecule has 0 nitrogen and oxygen atoms in total. The fourth-order valence-electron chi connectivity index (χ4n) is 1.85. The van der Waals surface area contributed by atoms with E-state index in [-0.39, 0.29) is 0 Å². The topological polar surface area (TPSA) is 0 Å². The average molecular weight is 263 g/mol. The van der Waals surface area contributed by atoms with Crippen LogP contribution in [0.5, 0.6) is 0 Å². The van der Waals surface area contributed by atoms with Crippen LogP contribution in [0.25, 0.3) is 11.1 Å². The summed E-state index contributed by atoms with van der Waals surface area (Å²) >= 11 is 10.6. The van der Waals surface area contributed by atoms with Gasteiger partial charge in [-0.05, 0) is 35.2 Å². The first-order chi connectivity index (χ1) is 8.24. The summed E-state index contributed by atoms with van der Waals surface area (Å²) in [7, 11) is 0. The first kappa shape index (κ1) is 12.5. The SMILES string of the molecule is CCc1cccc(-c2cc(CS)ccc2Cl)c1. The lowest BCUT2D eigenvalue weighted by molar-refractivity contribution is 1.14. The summed E-state index contributed by atoms with van der Waals surface area (Å²) in [6, 6.07) is 14.6. The van der Waals surface area contributed by atoms with E-state index in [1.54, 1.807) is 0 Å². The standard InChI is InChI=1S/C15H15ClS/c1-2-11-4-3-5-13(8-11)14-9-12(10-17)6-7-15(14)16/h3-9,17H,2,10H2,1H3. The normalized spacial score (nSPS) is 10.5. The van der Waals surface area contributed by atoms with Crippen molar-refractivity contribution in [3.63, 3.8) is 0 Å². The average Bonchev–Trinajstić information content (AvgIpc) is 2.39. The number of aryl methyl sites for hydroxylation is 1. The predicted molar refractivity (Wildman–Crippen MR) is 79.0 cm³/mol. The molecule has 2 rings (SSSR count). The van der Waals surface area contributed by atoms with Crippen molar-refractivity contribution in [1.29, 1.82) is 0 Å². The van der Waals surface area contributed by atoms with Crippen molar-refractivity contribution in [3.8, 4) is 11.1 Å². The molecular formula is C15H15ClS. The maximum atomic E-state index is 6.26. The molecule has 0 amide bonds. The van der Waals surface area contributed by atoms with Crippen LogP contribution in [0.3, 0.4) is 0 Å². The zero-order valence-corrected chi connectivity index (χ0v) is 11.4. The second kappa shape index (κ2) is 5.61. The molecule has 0 aliphatic heterocycles. The molecule has 2 aromatic carbocycles. The van der Waals surface area contributed by atoms with Crippen molar-refractivity contribution in [2.45, 2.75) is 19.1 Å². The molecule has 0 unspecified atom stereocenters. The number of hydrogen-bond acceptors (Lipinski definition) is 1. The maximum absolute atomic E-state index is 6.26. The van der Waals surface area contributed by atoms with Gasteiger partial charge in [-0.1, -0.05) is 48.9 Å². The Morgan fingerprint density at radius 1 is 1.06 bits per heavy atom. The molecule has 88 valence electrons. The Labute approximate surface area is 113 Å². The van der Waals surface area contributed by atoms with Gasteiger partial charge in [0.2, 0.25) is 0 Å². The molecule has 0 aliphatic carbocycles. The Morgan fingerprint density at radius 2 is 1.88 bits per heavy atom. The van der Waals surface area contributed by atoms with Crippen molar-refractivity contribution in [1.82, 2.24) is 0 Å². The minimum atomic E-state index is 0.734. The molecule has 0 atom stereocenters. The van der Waals surface area contributed by atoms with Crippen LogP contribution >= 0.6 is 24.2 Å². The smallest absolute Gasteiger partial charge is 0.0484 e. The highest BCUT2D eigenvalue weighted by Gasteiger charge is 2.05. The molecule has 0 saturated carbocycles. The van der Waals surface area contributed by atoms with E-state index in [0.29, 0.717) is 0 Å². The van der Waals surface area contributed by atoms with Crippen LogP contribution in [0.1, 0.15) is 18.1 Å². The molecule has 0 saturated heterocycles. The molecule has 0 spiro atoms. The lowest BCUT2D eigenvalue weighted by Crippen LogP contribution is -1.86. The minimum Gasteiger partial charge on any atom is -0.175 e. The van der Waals surface area contributed by atoms with Gasteiger partial charge in [-0.3, -0.25) is 0 Å². The third-order valence-electron chi connectivity index (χ3n) is 2.86. The monoisotopic (exact) mass is 262 g/mol. The molecule has 0 radical (unpaired) electrons. The lowest BCUT2D eigenvalue weighted by Gasteiger charge is -2.08. The zero-order chi connectivity index (χ0) is 12.3. The highest BCUT2D eigenvalue weighted by atomic mass is 35.5. The van der Waals surface area contributed by atoms with Crippen molar-refractivity contribution in [3.05, 3.63) is 58.6 Å². The van der Waals surface area contributed by atoms with Crippen molar-refractivity contribution in [2.24, 2.45) is 0 Å². The van der Waals surface area contributed by atoms with Gasteiger partial charge in [-0.15, -0.1) is 0 Å². The van der Waals surface area contributed by atoms with Crippen LogP contribution < -0.4 is 0 Å². The fourth-order valence-corrected chi connectivity index (χ4v) is 2.27. The second-order valence-corrected chi connectivity index (χ2v) is 4.75. The van der Waals surface area contributed by atoms with Gasteiger partial charge in [0.25, 0.3) is 0 Å². The summed E-state index contributed by atoms with van der Waals surface area (Å²) in [6.45, 7) is 2.16. The number of benzene rings is 2. The molecular weight excluding hydrogens is 248 g/mol. The molecule has 0 fully saturated rings. The van der Waals surface area contributed by atoms with Gasteiger partial charge in [-0.2, -0.15) is 12.6 Å². The van der Waals surface area contributed by atoms with Gasteiger partial charge >= 0.3 is 0 Å². The van der Waals surface area contributed by atoms with Crippen LogP contribution in [-0.2, 0) is 12.2 Å². The van der Waals surface area contributed by atoms with E-state index >= 15 is 0 Å². The quantitative estimate of drug-likeness (QED) is 0.740. The summed E-state index contributed by atoms with van der Waals surface area (Å²) < 4.78 is 0. The predicted octanol–water partition coefficient (Wildman–Crippen LogP) is 5.00. The van der Waals surface area contributed by atoms with Crippen LogP contribution in [0.2, 0.25) is 5.02 Å². The third-order valence-corrected chi connectivity index (χ3v) is 3.55. The Bertz CT molecular complexity index is 520. The van der Waals surface area contributed by atoms with Crippen molar-refractivity contribution in [2.75, 3.05) is 0 Å². The number of rotatable bonds is 3. The second-order valence-electron chi connectivity index (χ2n) is 4.03. The van der Waals surface area contributed by atoms with E-state index in [2.05, 4.69) is 49.9 Å². The Balaban J connectivity index is 2.50. The molecule has 2 aromatic rings. The summed E-state index contributed by atoms with van der Waals surface area (Å²) in [4.78, 5) is 0. The highest BCUT2D eigenvalue weighted by molar-refractivity contribution is 7.79. The molecule has 0 aliphatic rings. The van der Waals surface area contributed by atoms with E-state index in [4.69, 9.17) is 11.6 Å². The Hall–Kier alpha value is -0.920. The van der Waals surface area contributed by atoms with Crippen LogP contribution in [0, 0.1) is 0 Å². The molecule has 0 bridgehead atoms. The van der Waals surface area contributed by atoms with E-state index in [1.807, 2.05) is 12.1 Å². The van der Waals surface area contributed by atoms with E-state index in [0.717, 1.165) is 22.8 Å².